The summed E-state index contributed by atoms with van der Waals surface area (Å²) in [7, 11) is 0. The summed E-state index contributed by atoms with van der Waals surface area (Å²) in [5, 5.41) is 10.3. The highest BCUT2D eigenvalue weighted by atomic mass is 35.5. The van der Waals surface area contributed by atoms with Gasteiger partial charge in [-0.2, -0.15) is 0 Å². The standard InChI is InChI=1S/C19H26Cl2N6O/c1-10-16(12-8-14(23)26-17(21)15(12)20)25-13(9-28)18(24-10)27-6-4-19(3,5-7-27)11(2)22/h8,11,28H,4-7,9,22H2,1-3H3,(H2,23,26)/t11-/m1/s1. The average Bonchev–Trinajstić information content (AvgIpc) is 2.65. The van der Waals surface area contributed by atoms with Gasteiger partial charge in [-0.1, -0.05) is 30.1 Å². The van der Waals surface area contributed by atoms with E-state index in [1.165, 1.54) is 0 Å². The largest absolute Gasteiger partial charge is 0.390 e. The number of halogens is 2. The molecule has 0 spiro atoms. The molecule has 9 heteroatoms. The first-order valence-electron chi connectivity index (χ1n) is 9.27. The molecule has 1 fully saturated rings. The summed E-state index contributed by atoms with van der Waals surface area (Å²) >= 11 is 12.4. The van der Waals surface area contributed by atoms with E-state index in [9.17, 15) is 5.11 Å². The number of pyridine rings is 1. The molecule has 5 N–H and O–H groups in total. The van der Waals surface area contributed by atoms with E-state index in [2.05, 4.69) is 28.7 Å². The molecule has 2 aromatic heterocycles. The van der Waals surface area contributed by atoms with Gasteiger partial charge in [-0.3, -0.25) is 0 Å². The average molecular weight is 425 g/mol. The predicted octanol–water partition coefficient (Wildman–Crippen LogP) is 3.18. The van der Waals surface area contributed by atoms with Gasteiger partial charge in [0.1, 0.15) is 11.5 Å². The van der Waals surface area contributed by atoms with Crippen LogP contribution in [0.4, 0.5) is 11.6 Å². The number of nitrogen functional groups attached to an aromatic ring is 1. The number of nitrogens with zero attached hydrogens (tertiary/aromatic N) is 4. The fourth-order valence-electron chi connectivity index (χ4n) is 3.53. The molecule has 0 radical (unpaired) electrons. The summed E-state index contributed by atoms with van der Waals surface area (Å²) in [6, 6.07) is 1.74. The molecule has 0 amide bonds. The highest BCUT2D eigenvalue weighted by molar-refractivity contribution is 6.43. The molecule has 1 aliphatic rings. The van der Waals surface area contributed by atoms with Gasteiger partial charge in [-0.05, 0) is 38.2 Å². The van der Waals surface area contributed by atoms with Crippen LogP contribution in [0.15, 0.2) is 6.07 Å². The third-order valence-corrected chi connectivity index (χ3v) is 6.52. The van der Waals surface area contributed by atoms with Crippen LogP contribution in [0.1, 0.15) is 38.1 Å². The van der Waals surface area contributed by atoms with Crippen LogP contribution in [0.3, 0.4) is 0 Å². The lowest BCUT2D eigenvalue weighted by atomic mass is 9.75. The first-order chi connectivity index (χ1) is 13.2. The Morgan fingerprint density at radius 1 is 1.25 bits per heavy atom. The smallest absolute Gasteiger partial charge is 0.153 e. The Morgan fingerprint density at radius 3 is 2.46 bits per heavy atom. The Kier molecular flexibility index (Phi) is 6.00. The lowest BCUT2D eigenvalue weighted by molar-refractivity contribution is 0.204. The minimum Gasteiger partial charge on any atom is -0.390 e. The molecule has 3 heterocycles. The van der Waals surface area contributed by atoms with Crippen molar-refractivity contribution in [3.63, 3.8) is 0 Å². The lowest BCUT2D eigenvalue weighted by Gasteiger charge is -2.42. The third kappa shape index (κ3) is 3.89. The quantitative estimate of drug-likeness (QED) is 0.645. The van der Waals surface area contributed by atoms with Crippen LogP contribution in [-0.4, -0.2) is 39.2 Å². The van der Waals surface area contributed by atoms with Crippen LogP contribution in [0.5, 0.6) is 0 Å². The zero-order chi connectivity index (χ0) is 20.6. The summed E-state index contributed by atoms with van der Waals surface area (Å²) in [5.41, 5.74) is 14.3. The van der Waals surface area contributed by atoms with Crippen LogP contribution in [0, 0.1) is 12.3 Å². The van der Waals surface area contributed by atoms with Crippen molar-refractivity contribution < 1.29 is 5.11 Å². The van der Waals surface area contributed by atoms with Crippen molar-refractivity contribution in [3.05, 3.63) is 27.6 Å². The van der Waals surface area contributed by atoms with E-state index in [1.807, 2.05) is 6.92 Å². The summed E-state index contributed by atoms with van der Waals surface area (Å²) in [6.45, 7) is 7.53. The van der Waals surface area contributed by atoms with Crippen molar-refractivity contribution >= 4 is 34.8 Å². The molecular formula is C19H26Cl2N6O. The molecule has 2 aromatic rings. The van der Waals surface area contributed by atoms with E-state index >= 15 is 0 Å². The Balaban J connectivity index is 1.98. The molecule has 7 nitrogen and oxygen atoms in total. The number of rotatable bonds is 4. The van der Waals surface area contributed by atoms with Crippen LogP contribution in [-0.2, 0) is 6.61 Å². The van der Waals surface area contributed by atoms with E-state index in [4.69, 9.17) is 39.7 Å². The maximum absolute atomic E-state index is 9.94. The van der Waals surface area contributed by atoms with Gasteiger partial charge >= 0.3 is 0 Å². The maximum Gasteiger partial charge on any atom is 0.153 e. The van der Waals surface area contributed by atoms with Crippen LogP contribution >= 0.6 is 23.2 Å². The third-order valence-electron chi connectivity index (χ3n) is 5.77. The first-order valence-corrected chi connectivity index (χ1v) is 10.0. The van der Waals surface area contributed by atoms with Crippen LogP contribution in [0.2, 0.25) is 10.2 Å². The Morgan fingerprint density at radius 2 is 1.89 bits per heavy atom. The number of piperidine rings is 1. The minimum absolute atomic E-state index is 0.108. The number of aliphatic hydroxyl groups excluding tert-OH is 1. The highest BCUT2D eigenvalue weighted by Gasteiger charge is 2.34. The number of nitrogens with two attached hydrogens (primary N) is 2. The van der Waals surface area contributed by atoms with Gasteiger partial charge in [-0.15, -0.1) is 0 Å². The number of aliphatic hydroxyl groups is 1. The molecule has 3 rings (SSSR count). The fraction of sp³-hybridized carbons (Fsp3) is 0.526. The number of hydrogen-bond acceptors (Lipinski definition) is 7. The Labute approximate surface area is 175 Å². The zero-order valence-corrected chi connectivity index (χ0v) is 17.8. The summed E-state index contributed by atoms with van der Waals surface area (Å²) in [5.74, 6) is 0.936. The first kappa shape index (κ1) is 21.0. The van der Waals surface area contributed by atoms with Crippen LogP contribution < -0.4 is 16.4 Å². The molecule has 152 valence electrons. The number of aromatic nitrogens is 3. The number of aryl methyl sites for hydroxylation is 1. The second-order valence-corrected chi connectivity index (χ2v) is 8.45. The molecule has 0 unspecified atom stereocenters. The van der Waals surface area contributed by atoms with Gasteiger partial charge in [0.2, 0.25) is 0 Å². The normalized spacial score (nSPS) is 17.6. The topological polar surface area (TPSA) is 114 Å². The van der Waals surface area contributed by atoms with E-state index < -0.39 is 0 Å². The molecule has 0 saturated carbocycles. The minimum atomic E-state index is -0.234. The Hall–Kier alpha value is -1.67. The fourth-order valence-corrected chi connectivity index (χ4v) is 3.92. The number of hydrogen-bond donors (Lipinski definition) is 3. The summed E-state index contributed by atoms with van der Waals surface area (Å²) in [4.78, 5) is 15.5. The van der Waals surface area contributed by atoms with E-state index in [-0.39, 0.29) is 34.1 Å². The molecule has 0 bridgehead atoms. The van der Waals surface area contributed by atoms with Gasteiger partial charge < -0.3 is 21.5 Å². The monoisotopic (exact) mass is 424 g/mol. The van der Waals surface area contributed by atoms with Crippen LogP contribution in [0.25, 0.3) is 11.3 Å². The zero-order valence-electron chi connectivity index (χ0n) is 16.3. The van der Waals surface area contributed by atoms with Crippen molar-refractivity contribution in [1.29, 1.82) is 0 Å². The van der Waals surface area contributed by atoms with Crippen molar-refractivity contribution in [2.45, 2.75) is 46.3 Å². The molecular weight excluding hydrogens is 399 g/mol. The van der Waals surface area contributed by atoms with Crippen molar-refractivity contribution in [2.75, 3.05) is 23.7 Å². The molecule has 1 saturated heterocycles. The summed E-state index contributed by atoms with van der Waals surface area (Å²) in [6.07, 6.45) is 1.92. The molecule has 0 aliphatic carbocycles. The SMILES string of the molecule is Cc1nc(N2CCC(C)([C@@H](C)N)CC2)c(CO)nc1-c1cc(N)nc(Cl)c1Cl. The van der Waals surface area contributed by atoms with E-state index in [0.29, 0.717) is 28.5 Å². The Bertz CT molecular complexity index is 881. The van der Waals surface area contributed by atoms with Crippen molar-refractivity contribution in [2.24, 2.45) is 11.1 Å². The second-order valence-electron chi connectivity index (χ2n) is 7.72. The molecule has 1 atom stereocenters. The van der Waals surface area contributed by atoms with Crippen molar-refractivity contribution in [1.82, 2.24) is 15.0 Å². The molecule has 0 aromatic carbocycles. The van der Waals surface area contributed by atoms with Crippen molar-refractivity contribution in [3.8, 4) is 11.3 Å². The highest BCUT2D eigenvalue weighted by Crippen LogP contribution is 2.38. The van der Waals surface area contributed by atoms with Gasteiger partial charge in [0.25, 0.3) is 0 Å². The molecule has 1 aliphatic heterocycles. The lowest BCUT2D eigenvalue weighted by Crippen LogP contribution is -2.47. The maximum atomic E-state index is 9.94. The van der Waals surface area contributed by atoms with Gasteiger partial charge in [-0.25, -0.2) is 15.0 Å². The van der Waals surface area contributed by atoms with Gasteiger partial charge in [0.15, 0.2) is 11.0 Å². The molecule has 28 heavy (non-hydrogen) atoms. The van der Waals surface area contributed by atoms with Gasteiger partial charge in [0, 0.05) is 24.7 Å². The van der Waals surface area contributed by atoms with E-state index in [1.54, 1.807) is 6.07 Å². The number of anilines is 2. The van der Waals surface area contributed by atoms with E-state index in [0.717, 1.165) is 25.9 Å². The summed E-state index contributed by atoms with van der Waals surface area (Å²) < 4.78 is 0. The predicted molar refractivity (Wildman–Crippen MR) is 114 cm³/mol. The second kappa shape index (κ2) is 7.99. The van der Waals surface area contributed by atoms with Gasteiger partial charge in [0.05, 0.1) is 23.0 Å².